The van der Waals surface area contributed by atoms with Crippen molar-refractivity contribution < 1.29 is 14.7 Å². The fourth-order valence-corrected chi connectivity index (χ4v) is 7.23. The summed E-state index contributed by atoms with van der Waals surface area (Å²) in [6.45, 7) is 34.1. The maximum atomic E-state index is 11.2. The maximum Gasteiger partial charge on any atom is 0.441 e. The predicted octanol–water partition coefficient (Wildman–Crippen LogP) is 11.8. The third-order valence-electron chi connectivity index (χ3n) is 12.3. The Labute approximate surface area is 288 Å². The van der Waals surface area contributed by atoms with Crippen LogP contribution in [0.2, 0.25) is 0 Å². The molecule has 3 nitrogen and oxygen atoms in total. The van der Waals surface area contributed by atoms with Gasteiger partial charge in [0.2, 0.25) is 0 Å². The summed E-state index contributed by atoms with van der Waals surface area (Å²) >= 11 is 0. The van der Waals surface area contributed by atoms with Gasteiger partial charge in [-0.25, -0.2) is 0 Å². The van der Waals surface area contributed by atoms with Crippen LogP contribution in [0.25, 0.3) is 22.3 Å². The minimum Gasteiger partial charge on any atom is -0.189 e. The van der Waals surface area contributed by atoms with Crippen LogP contribution in [-0.4, -0.2) is 14.7 Å². The predicted molar refractivity (Wildman–Crippen MR) is 207 cm³/mol. The Morgan fingerprint density at radius 1 is 0.426 bits per heavy atom. The molecule has 3 aromatic rings. The summed E-state index contributed by atoms with van der Waals surface area (Å²) in [4.78, 5) is 33.6. The van der Waals surface area contributed by atoms with Gasteiger partial charge in [0.05, 0.1) is 0 Å². The van der Waals surface area contributed by atoms with Gasteiger partial charge < -0.3 is 0 Å². The lowest BCUT2D eigenvalue weighted by Crippen LogP contribution is -2.26. The van der Waals surface area contributed by atoms with Gasteiger partial charge >= 0.3 is 7.94 Å². The van der Waals surface area contributed by atoms with E-state index in [-0.39, 0.29) is 32.4 Å². The number of benzene rings is 3. The van der Waals surface area contributed by atoms with E-state index >= 15 is 0 Å². The van der Waals surface area contributed by atoms with Gasteiger partial charge in [-0.05, 0) is 110 Å². The molecule has 3 N–H and O–H groups in total. The van der Waals surface area contributed by atoms with Crippen LogP contribution in [0.4, 0.5) is 0 Å². The van der Waals surface area contributed by atoms with Crippen molar-refractivity contribution in [1.82, 2.24) is 0 Å². The molecular formula is C43H66O3P+. The first-order valence-electron chi connectivity index (χ1n) is 18.0. The van der Waals surface area contributed by atoms with Crippen LogP contribution in [0.5, 0.6) is 0 Å². The first-order valence-corrected chi connectivity index (χ1v) is 19.7. The third kappa shape index (κ3) is 7.75. The third-order valence-corrected chi connectivity index (χ3v) is 13.3. The molecule has 0 bridgehead atoms. The van der Waals surface area contributed by atoms with Gasteiger partial charge in [0.1, 0.15) is 0 Å². The molecule has 0 aliphatic heterocycles. The van der Waals surface area contributed by atoms with Crippen LogP contribution in [0.3, 0.4) is 0 Å². The minimum absolute atomic E-state index is 0.00944. The van der Waals surface area contributed by atoms with Crippen molar-refractivity contribution in [1.29, 1.82) is 0 Å². The molecule has 0 aromatic heterocycles. The largest absolute Gasteiger partial charge is 0.441 e. The van der Waals surface area contributed by atoms with E-state index in [1.165, 1.54) is 22.3 Å². The molecule has 0 radical (unpaired) electrons. The van der Waals surface area contributed by atoms with Crippen LogP contribution in [0, 0.1) is 0 Å². The summed E-state index contributed by atoms with van der Waals surface area (Å²) in [6, 6.07) is 17.5. The second-order valence-electron chi connectivity index (χ2n) is 17.2. The monoisotopic (exact) mass is 661 g/mol. The van der Waals surface area contributed by atoms with E-state index in [4.69, 9.17) is 0 Å². The summed E-state index contributed by atoms with van der Waals surface area (Å²) in [7, 11) is -4.43. The standard InChI is InChI=1S/C43H66O3P/c1-16-39(6,7)29-21-23-31(34(27-29)42(12,13)19-4)37-33(41(10,11)18-3)25-26-36(47(44,45)46)38(37)32-24-22-30(40(8,9)17-2)28-35(32)43(14,15)20-5/h21-28,44-46H,16-20H2,1-15H3/q+1. The summed E-state index contributed by atoms with van der Waals surface area (Å²) in [5.74, 6) is 0. The Balaban J connectivity index is 2.77. The molecule has 0 saturated carbocycles. The Bertz CT molecular complexity index is 1570. The Kier molecular flexibility index (Phi) is 11.5. The zero-order valence-electron chi connectivity index (χ0n) is 32.4. The van der Waals surface area contributed by atoms with Crippen LogP contribution in [0.15, 0.2) is 48.5 Å². The highest BCUT2D eigenvalue weighted by atomic mass is 31.2. The van der Waals surface area contributed by atoms with Gasteiger partial charge in [-0.1, -0.05) is 146 Å². The Morgan fingerprint density at radius 2 is 0.766 bits per heavy atom. The number of hydrogen-bond acceptors (Lipinski definition) is 3. The van der Waals surface area contributed by atoms with Crippen molar-refractivity contribution in [3.05, 3.63) is 76.3 Å². The fourth-order valence-electron chi connectivity index (χ4n) is 6.42. The minimum atomic E-state index is -4.43. The Morgan fingerprint density at radius 3 is 1.11 bits per heavy atom. The second kappa shape index (κ2) is 13.7. The van der Waals surface area contributed by atoms with Crippen molar-refractivity contribution in [2.75, 3.05) is 0 Å². The molecule has 4 heteroatoms. The lowest BCUT2D eigenvalue weighted by atomic mass is 9.69. The summed E-state index contributed by atoms with van der Waals surface area (Å²) < 4.78 is 0. The summed E-state index contributed by atoms with van der Waals surface area (Å²) in [5.41, 5.74) is 9.39. The lowest BCUT2D eigenvalue weighted by Gasteiger charge is -2.36. The molecule has 260 valence electrons. The molecule has 0 heterocycles. The van der Waals surface area contributed by atoms with E-state index in [1.807, 2.05) is 6.07 Å². The fraction of sp³-hybridized carbons (Fsp3) is 0.581. The van der Waals surface area contributed by atoms with Gasteiger partial charge in [-0.3, -0.25) is 0 Å². The van der Waals surface area contributed by atoms with E-state index in [2.05, 4.69) is 140 Å². The quantitative estimate of drug-likeness (QED) is 0.160. The lowest BCUT2D eigenvalue weighted by molar-refractivity contribution is 0.347. The highest BCUT2D eigenvalue weighted by Gasteiger charge is 2.43. The van der Waals surface area contributed by atoms with Crippen molar-refractivity contribution in [3.8, 4) is 22.3 Å². The van der Waals surface area contributed by atoms with Crippen LogP contribution < -0.4 is 5.30 Å². The summed E-state index contributed by atoms with van der Waals surface area (Å²) in [6.07, 6.45) is 4.79. The van der Waals surface area contributed by atoms with Gasteiger partial charge in [0.15, 0.2) is 5.30 Å². The van der Waals surface area contributed by atoms with Crippen molar-refractivity contribution >= 4 is 13.2 Å². The van der Waals surface area contributed by atoms with E-state index in [0.717, 1.165) is 59.9 Å². The van der Waals surface area contributed by atoms with Crippen LogP contribution in [-0.2, 0) is 27.1 Å². The molecule has 3 aromatic carbocycles. The molecule has 0 fully saturated rings. The molecule has 47 heavy (non-hydrogen) atoms. The molecule has 0 amide bonds. The van der Waals surface area contributed by atoms with E-state index in [1.54, 1.807) is 6.07 Å². The topological polar surface area (TPSA) is 60.7 Å². The second-order valence-corrected chi connectivity index (χ2v) is 18.8. The molecule has 0 aliphatic rings. The summed E-state index contributed by atoms with van der Waals surface area (Å²) in [5, 5.41) is 0.219. The average molecular weight is 662 g/mol. The number of rotatable bonds is 13. The van der Waals surface area contributed by atoms with Crippen molar-refractivity contribution in [2.24, 2.45) is 0 Å². The van der Waals surface area contributed by atoms with Crippen molar-refractivity contribution in [2.45, 2.75) is 163 Å². The van der Waals surface area contributed by atoms with Crippen LogP contribution in [0.1, 0.15) is 164 Å². The van der Waals surface area contributed by atoms with E-state index in [9.17, 15) is 14.7 Å². The smallest absolute Gasteiger partial charge is 0.189 e. The molecule has 0 atom stereocenters. The van der Waals surface area contributed by atoms with E-state index < -0.39 is 7.94 Å². The molecular weight excluding hydrogens is 595 g/mol. The maximum absolute atomic E-state index is 11.2. The molecule has 0 saturated heterocycles. The van der Waals surface area contributed by atoms with Gasteiger partial charge in [0, 0.05) is 5.56 Å². The highest BCUT2D eigenvalue weighted by molar-refractivity contribution is 7.67. The zero-order valence-corrected chi connectivity index (χ0v) is 33.3. The van der Waals surface area contributed by atoms with Crippen molar-refractivity contribution in [3.63, 3.8) is 0 Å². The first-order chi connectivity index (χ1) is 21.5. The molecule has 0 aliphatic carbocycles. The SMILES string of the molecule is CCC(C)(C)c1ccc(-c2c(C(C)(C)CC)ccc([P+](O)(O)O)c2-c2ccc(C(C)(C)CC)cc2C(C)(C)CC)c(C(C)(C)CC)c1. The average Bonchev–Trinajstić information content (AvgIpc) is 3.02. The van der Waals surface area contributed by atoms with Gasteiger partial charge in [0.25, 0.3) is 0 Å². The molecule has 0 spiro atoms. The first kappa shape index (κ1) is 39.4. The zero-order chi connectivity index (χ0) is 36.0. The normalized spacial score (nSPS) is 13.7. The highest BCUT2D eigenvalue weighted by Crippen LogP contribution is 2.54. The molecule has 3 rings (SSSR count). The molecule has 0 unspecified atom stereocenters. The van der Waals surface area contributed by atoms with Gasteiger partial charge in [-0.15, -0.1) is 0 Å². The van der Waals surface area contributed by atoms with Gasteiger partial charge in [-0.2, -0.15) is 14.7 Å². The van der Waals surface area contributed by atoms with E-state index in [0.29, 0.717) is 0 Å². The Hall–Kier alpha value is -2.03. The number of hydrogen-bond donors (Lipinski definition) is 3. The van der Waals surface area contributed by atoms with Crippen LogP contribution >= 0.6 is 7.94 Å².